The van der Waals surface area contributed by atoms with Crippen LogP contribution >= 0.6 is 0 Å². The highest BCUT2D eigenvalue weighted by molar-refractivity contribution is 5.79. The second-order valence-corrected chi connectivity index (χ2v) is 6.04. The van der Waals surface area contributed by atoms with Crippen molar-refractivity contribution in [1.29, 1.82) is 0 Å². The summed E-state index contributed by atoms with van der Waals surface area (Å²) in [4.78, 5) is 14.2. The lowest BCUT2D eigenvalue weighted by atomic mass is 10.1. The first kappa shape index (κ1) is 13.6. The third kappa shape index (κ3) is 3.38. The average molecular weight is 273 g/mol. The molecule has 20 heavy (non-hydrogen) atoms. The molecule has 1 aromatic carbocycles. The van der Waals surface area contributed by atoms with Gasteiger partial charge in [0.2, 0.25) is 5.91 Å². The summed E-state index contributed by atoms with van der Waals surface area (Å²) in [5.41, 5.74) is 7.21. The molecule has 1 aliphatic heterocycles. The van der Waals surface area contributed by atoms with Crippen molar-refractivity contribution in [3.8, 4) is 0 Å². The quantitative estimate of drug-likeness (QED) is 0.863. The second-order valence-electron chi connectivity index (χ2n) is 6.04. The number of nitrogens with one attached hydrogen (secondary N) is 1. The van der Waals surface area contributed by atoms with Crippen LogP contribution in [0.15, 0.2) is 30.3 Å². The molecule has 2 unspecified atom stereocenters. The molecule has 2 fully saturated rings. The Morgan fingerprint density at radius 2 is 1.95 bits per heavy atom. The van der Waals surface area contributed by atoms with E-state index in [0.717, 1.165) is 32.4 Å². The molecule has 108 valence electrons. The topological polar surface area (TPSA) is 58.4 Å². The Bertz CT molecular complexity index is 454. The number of benzene rings is 1. The van der Waals surface area contributed by atoms with E-state index in [4.69, 9.17) is 5.73 Å². The lowest BCUT2D eigenvalue weighted by molar-refractivity contribution is -0.122. The maximum absolute atomic E-state index is 12.0. The zero-order valence-electron chi connectivity index (χ0n) is 11.8. The normalized spacial score (nSPS) is 27.2. The summed E-state index contributed by atoms with van der Waals surface area (Å²) < 4.78 is 0. The van der Waals surface area contributed by atoms with Crippen LogP contribution in [-0.2, 0) is 4.79 Å². The Morgan fingerprint density at radius 1 is 1.25 bits per heavy atom. The molecule has 4 heteroatoms. The maximum Gasteiger partial charge on any atom is 0.234 e. The van der Waals surface area contributed by atoms with Gasteiger partial charge in [-0.1, -0.05) is 30.3 Å². The molecule has 0 spiro atoms. The Morgan fingerprint density at radius 3 is 2.65 bits per heavy atom. The minimum Gasteiger partial charge on any atom is -0.352 e. The molecule has 1 saturated heterocycles. The Labute approximate surface area is 120 Å². The van der Waals surface area contributed by atoms with Gasteiger partial charge < -0.3 is 11.1 Å². The van der Waals surface area contributed by atoms with Crippen molar-refractivity contribution < 1.29 is 4.79 Å². The highest BCUT2D eigenvalue weighted by Gasteiger charge is 2.39. The lowest BCUT2D eigenvalue weighted by Gasteiger charge is -2.29. The van der Waals surface area contributed by atoms with Crippen LogP contribution in [0.25, 0.3) is 0 Å². The molecule has 2 aliphatic rings. The molecular weight excluding hydrogens is 250 g/mol. The third-order valence-corrected chi connectivity index (χ3v) is 4.36. The van der Waals surface area contributed by atoms with E-state index >= 15 is 0 Å². The van der Waals surface area contributed by atoms with E-state index in [2.05, 4.69) is 34.5 Å². The van der Waals surface area contributed by atoms with E-state index in [1.54, 1.807) is 0 Å². The largest absolute Gasteiger partial charge is 0.352 e. The monoisotopic (exact) mass is 273 g/mol. The first-order chi connectivity index (χ1) is 9.72. The summed E-state index contributed by atoms with van der Waals surface area (Å²) in [7, 11) is 0. The predicted molar refractivity (Wildman–Crippen MR) is 79.4 cm³/mol. The minimum absolute atomic E-state index is 0.156. The molecular formula is C16H23N3O. The molecule has 0 bridgehead atoms. The van der Waals surface area contributed by atoms with Gasteiger partial charge in [0.1, 0.15) is 0 Å². The molecule has 1 saturated carbocycles. The number of carbonyl (C=O) groups is 1. The Balaban J connectivity index is 1.42. The van der Waals surface area contributed by atoms with Crippen LogP contribution in [0, 0.1) is 0 Å². The van der Waals surface area contributed by atoms with Crippen molar-refractivity contribution >= 4 is 5.91 Å². The minimum atomic E-state index is 0.156. The van der Waals surface area contributed by atoms with E-state index in [0.29, 0.717) is 24.5 Å². The Hall–Kier alpha value is -1.39. The van der Waals surface area contributed by atoms with Crippen molar-refractivity contribution in [2.45, 2.75) is 37.3 Å². The first-order valence-corrected chi connectivity index (χ1v) is 7.54. The third-order valence-electron chi connectivity index (χ3n) is 4.36. The summed E-state index contributed by atoms with van der Waals surface area (Å²) in [6.07, 6.45) is 3.08. The predicted octanol–water partition coefficient (Wildman–Crippen LogP) is 1.08. The van der Waals surface area contributed by atoms with Crippen LogP contribution in [0.3, 0.4) is 0 Å². The van der Waals surface area contributed by atoms with Crippen LogP contribution < -0.4 is 11.1 Å². The van der Waals surface area contributed by atoms with Gasteiger partial charge in [0, 0.05) is 31.1 Å². The van der Waals surface area contributed by atoms with Crippen LogP contribution in [0.2, 0.25) is 0 Å². The van der Waals surface area contributed by atoms with E-state index in [-0.39, 0.29) is 5.91 Å². The number of hydrogen-bond donors (Lipinski definition) is 2. The summed E-state index contributed by atoms with van der Waals surface area (Å²) >= 11 is 0. The molecule has 0 aromatic heterocycles. The van der Waals surface area contributed by atoms with Gasteiger partial charge in [0.25, 0.3) is 0 Å². The van der Waals surface area contributed by atoms with Crippen LogP contribution in [0.5, 0.6) is 0 Å². The van der Waals surface area contributed by atoms with E-state index in [1.165, 1.54) is 5.56 Å². The number of piperidine rings is 1. The van der Waals surface area contributed by atoms with E-state index < -0.39 is 0 Å². The molecule has 1 amide bonds. The van der Waals surface area contributed by atoms with Crippen molar-refractivity contribution in [2.24, 2.45) is 5.73 Å². The van der Waals surface area contributed by atoms with Crippen LogP contribution in [0.4, 0.5) is 0 Å². The van der Waals surface area contributed by atoms with E-state index in [9.17, 15) is 4.79 Å². The second kappa shape index (κ2) is 5.94. The fourth-order valence-corrected chi connectivity index (χ4v) is 2.99. The lowest BCUT2D eigenvalue weighted by Crippen LogP contribution is -2.45. The van der Waals surface area contributed by atoms with Gasteiger partial charge >= 0.3 is 0 Å². The smallest absolute Gasteiger partial charge is 0.234 e. The molecule has 0 radical (unpaired) electrons. The summed E-state index contributed by atoms with van der Waals surface area (Å²) in [5.74, 6) is 0.666. The number of amides is 1. The molecule has 1 heterocycles. The van der Waals surface area contributed by atoms with Crippen LogP contribution in [-0.4, -0.2) is 42.5 Å². The molecule has 2 atom stereocenters. The van der Waals surface area contributed by atoms with Crippen molar-refractivity contribution in [3.63, 3.8) is 0 Å². The SMILES string of the molecule is NC1CCN(CC(=O)NC2CC2c2ccccc2)CC1. The van der Waals surface area contributed by atoms with Gasteiger partial charge in [-0.3, -0.25) is 9.69 Å². The number of nitrogens with zero attached hydrogens (tertiary/aromatic N) is 1. The average Bonchev–Trinajstić information content (AvgIpc) is 3.21. The fourth-order valence-electron chi connectivity index (χ4n) is 2.99. The highest BCUT2D eigenvalue weighted by Crippen LogP contribution is 2.40. The highest BCUT2D eigenvalue weighted by atomic mass is 16.2. The molecule has 4 nitrogen and oxygen atoms in total. The van der Waals surface area contributed by atoms with Gasteiger partial charge in [0.05, 0.1) is 6.54 Å². The summed E-state index contributed by atoms with van der Waals surface area (Å²) in [6, 6.07) is 11.1. The summed E-state index contributed by atoms with van der Waals surface area (Å²) in [5, 5.41) is 3.15. The van der Waals surface area contributed by atoms with Gasteiger partial charge in [-0.25, -0.2) is 0 Å². The van der Waals surface area contributed by atoms with Gasteiger partial charge in [-0.05, 0) is 24.8 Å². The number of hydrogen-bond acceptors (Lipinski definition) is 3. The Kier molecular flexibility index (Phi) is 4.03. The fraction of sp³-hybridized carbons (Fsp3) is 0.562. The summed E-state index contributed by atoms with van der Waals surface area (Å²) in [6.45, 7) is 2.41. The number of likely N-dealkylation sites (tertiary alicyclic amines) is 1. The van der Waals surface area contributed by atoms with Crippen LogP contribution in [0.1, 0.15) is 30.7 Å². The standard InChI is InChI=1S/C16H23N3O/c17-13-6-8-19(9-7-13)11-16(20)18-15-10-14(15)12-4-2-1-3-5-12/h1-5,13-15H,6-11,17H2,(H,18,20). The number of rotatable bonds is 4. The van der Waals surface area contributed by atoms with Crippen molar-refractivity contribution in [1.82, 2.24) is 10.2 Å². The molecule has 1 aromatic rings. The molecule has 3 N–H and O–H groups in total. The van der Waals surface area contributed by atoms with Gasteiger partial charge in [-0.2, -0.15) is 0 Å². The van der Waals surface area contributed by atoms with Gasteiger partial charge in [-0.15, -0.1) is 0 Å². The van der Waals surface area contributed by atoms with Gasteiger partial charge in [0.15, 0.2) is 0 Å². The zero-order chi connectivity index (χ0) is 13.9. The first-order valence-electron chi connectivity index (χ1n) is 7.54. The molecule has 1 aliphatic carbocycles. The zero-order valence-corrected chi connectivity index (χ0v) is 11.8. The molecule has 3 rings (SSSR count). The van der Waals surface area contributed by atoms with E-state index in [1.807, 2.05) is 6.07 Å². The van der Waals surface area contributed by atoms with Crippen molar-refractivity contribution in [2.75, 3.05) is 19.6 Å². The maximum atomic E-state index is 12.0. The number of nitrogens with two attached hydrogens (primary N) is 1. The van der Waals surface area contributed by atoms with Crippen molar-refractivity contribution in [3.05, 3.63) is 35.9 Å². The number of carbonyl (C=O) groups excluding carboxylic acids is 1.